The molecule has 1 atom stereocenters. The van der Waals surface area contributed by atoms with Crippen LogP contribution in [0.3, 0.4) is 0 Å². The lowest BCUT2D eigenvalue weighted by Crippen LogP contribution is -2.37. The standard InChI is InChI=1S/C17H16I3NO9/c1-6(22)28-4-9-12(18)11(17(26)27)14(20)15(13(9)19)21-16(25)10(30-8(3)24)5-29-7(2)23/h10H,4-5H2,1-3H3,(H,21,25)(H,26,27). The molecule has 30 heavy (non-hydrogen) atoms. The molecule has 1 aromatic rings. The summed E-state index contributed by atoms with van der Waals surface area (Å²) in [7, 11) is 0. The number of carbonyl (C=O) groups is 5. The Hall–Kier alpha value is -1.24. The van der Waals surface area contributed by atoms with Crippen LogP contribution in [0.15, 0.2) is 0 Å². The fourth-order valence-corrected chi connectivity index (χ4v) is 6.28. The van der Waals surface area contributed by atoms with Crippen molar-refractivity contribution in [1.82, 2.24) is 0 Å². The quantitative estimate of drug-likeness (QED) is 0.232. The highest BCUT2D eigenvalue weighted by Gasteiger charge is 2.29. The molecule has 0 bridgehead atoms. The fourth-order valence-electron chi connectivity index (χ4n) is 2.07. The number of carboxylic acid groups (broad SMARTS) is 1. The lowest BCUT2D eigenvalue weighted by molar-refractivity contribution is -0.160. The number of hydrogen-bond acceptors (Lipinski definition) is 8. The van der Waals surface area contributed by atoms with Crippen molar-refractivity contribution < 1.29 is 43.3 Å². The van der Waals surface area contributed by atoms with Crippen molar-refractivity contribution in [3.8, 4) is 0 Å². The predicted molar refractivity (Wildman–Crippen MR) is 128 cm³/mol. The Kier molecular flexibility index (Phi) is 10.7. The Labute approximate surface area is 212 Å². The molecule has 0 aromatic heterocycles. The molecule has 0 aliphatic rings. The smallest absolute Gasteiger partial charge is 0.337 e. The number of carboxylic acids is 1. The summed E-state index contributed by atoms with van der Waals surface area (Å²) in [5.74, 6) is -4.06. The summed E-state index contributed by atoms with van der Waals surface area (Å²) in [5, 5.41) is 12.1. The monoisotopic (exact) mass is 759 g/mol. The number of rotatable bonds is 8. The molecule has 0 fully saturated rings. The van der Waals surface area contributed by atoms with Gasteiger partial charge in [-0.15, -0.1) is 0 Å². The maximum Gasteiger partial charge on any atom is 0.337 e. The second-order valence-electron chi connectivity index (χ2n) is 5.65. The van der Waals surface area contributed by atoms with Gasteiger partial charge in [-0.3, -0.25) is 19.2 Å². The van der Waals surface area contributed by atoms with Gasteiger partial charge in [-0.2, -0.15) is 0 Å². The minimum absolute atomic E-state index is 0.0851. The highest BCUT2D eigenvalue weighted by Crippen LogP contribution is 2.36. The third-order valence-corrected chi connectivity index (χ3v) is 6.79. The van der Waals surface area contributed by atoms with Gasteiger partial charge >= 0.3 is 23.9 Å². The maximum atomic E-state index is 12.7. The molecule has 1 rings (SSSR count). The van der Waals surface area contributed by atoms with Gasteiger partial charge in [0.2, 0.25) is 6.10 Å². The molecule has 0 aliphatic heterocycles. The number of esters is 3. The van der Waals surface area contributed by atoms with Crippen molar-refractivity contribution in [3.05, 3.63) is 21.8 Å². The third-order valence-electron chi connectivity index (χ3n) is 3.33. The molecular formula is C17H16I3NO9. The molecule has 2 N–H and O–H groups in total. The van der Waals surface area contributed by atoms with E-state index >= 15 is 0 Å². The van der Waals surface area contributed by atoms with E-state index in [4.69, 9.17) is 14.2 Å². The number of amides is 1. The number of ether oxygens (including phenoxy) is 3. The van der Waals surface area contributed by atoms with Gasteiger partial charge in [0.05, 0.1) is 14.8 Å². The normalized spacial score (nSPS) is 11.3. The van der Waals surface area contributed by atoms with Gasteiger partial charge in [-0.05, 0) is 67.8 Å². The molecule has 13 heteroatoms. The summed E-state index contributed by atoms with van der Waals surface area (Å²) < 4.78 is 15.7. The molecule has 0 saturated heterocycles. The van der Waals surface area contributed by atoms with Crippen LogP contribution >= 0.6 is 67.8 Å². The summed E-state index contributed by atoms with van der Waals surface area (Å²) in [5.41, 5.74) is 0.447. The molecule has 0 radical (unpaired) electrons. The Bertz CT molecular complexity index is 901. The highest BCUT2D eigenvalue weighted by atomic mass is 127. The molecule has 0 aliphatic carbocycles. The summed E-state index contributed by atoms with van der Waals surface area (Å²) >= 11 is 5.50. The predicted octanol–water partition coefficient (Wildman–Crippen LogP) is 2.70. The fraction of sp³-hybridized carbons (Fsp3) is 0.353. The second-order valence-corrected chi connectivity index (χ2v) is 8.88. The van der Waals surface area contributed by atoms with Crippen molar-refractivity contribution in [3.63, 3.8) is 0 Å². The summed E-state index contributed by atoms with van der Waals surface area (Å²) in [6.07, 6.45) is -1.44. The lowest BCUT2D eigenvalue weighted by atomic mass is 10.1. The van der Waals surface area contributed by atoms with Crippen molar-refractivity contribution in [1.29, 1.82) is 0 Å². The molecule has 0 heterocycles. The van der Waals surface area contributed by atoms with E-state index in [1.807, 2.05) is 45.2 Å². The number of aromatic carboxylic acids is 1. The van der Waals surface area contributed by atoms with Gasteiger partial charge in [0.1, 0.15) is 13.2 Å². The number of nitrogens with one attached hydrogen (secondary N) is 1. The topological polar surface area (TPSA) is 145 Å². The first-order valence-corrected chi connectivity index (χ1v) is 11.3. The number of anilines is 1. The van der Waals surface area contributed by atoms with Gasteiger partial charge in [0.15, 0.2) is 0 Å². The Balaban J connectivity index is 3.41. The number of carbonyl (C=O) groups excluding carboxylic acids is 4. The van der Waals surface area contributed by atoms with E-state index in [2.05, 4.69) is 5.32 Å². The largest absolute Gasteiger partial charge is 0.478 e. The zero-order valence-corrected chi connectivity index (χ0v) is 22.3. The van der Waals surface area contributed by atoms with Gasteiger partial charge in [-0.1, -0.05) is 0 Å². The lowest BCUT2D eigenvalue weighted by Gasteiger charge is -2.21. The molecule has 1 amide bonds. The van der Waals surface area contributed by atoms with Crippen molar-refractivity contribution in [2.45, 2.75) is 33.5 Å². The summed E-state index contributed by atoms with van der Waals surface area (Å²) in [6, 6.07) is 0. The molecular weight excluding hydrogens is 743 g/mol. The molecule has 0 saturated carbocycles. The number of halogens is 3. The molecule has 10 nitrogen and oxygen atoms in total. The van der Waals surface area contributed by atoms with E-state index < -0.39 is 42.5 Å². The van der Waals surface area contributed by atoms with E-state index in [0.717, 1.165) is 13.8 Å². The van der Waals surface area contributed by atoms with Crippen LogP contribution in [-0.4, -0.2) is 47.6 Å². The maximum absolute atomic E-state index is 12.7. The van der Waals surface area contributed by atoms with E-state index in [0.29, 0.717) is 12.7 Å². The number of hydrogen-bond donors (Lipinski definition) is 2. The zero-order chi connectivity index (χ0) is 23.2. The average molecular weight is 759 g/mol. The van der Waals surface area contributed by atoms with Crippen molar-refractivity contribution >= 4 is 103 Å². The first-order chi connectivity index (χ1) is 13.9. The van der Waals surface area contributed by atoms with E-state index in [1.54, 1.807) is 22.6 Å². The van der Waals surface area contributed by atoms with Crippen LogP contribution in [0.1, 0.15) is 36.7 Å². The van der Waals surface area contributed by atoms with Gasteiger partial charge in [-0.25, -0.2) is 4.79 Å². The minimum atomic E-state index is -1.44. The van der Waals surface area contributed by atoms with Gasteiger partial charge < -0.3 is 24.6 Å². The second kappa shape index (κ2) is 12.0. The van der Waals surface area contributed by atoms with Crippen LogP contribution in [0.2, 0.25) is 0 Å². The molecule has 1 unspecified atom stereocenters. The SMILES string of the molecule is CC(=O)OCc1c(I)c(NC(=O)C(COC(C)=O)OC(C)=O)c(I)c(C(=O)O)c1I. The van der Waals surface area contributed by atoms with Crippen LogP contribution in [0.25, 0.3) is 0 Å². The first-order valence-electron chi connectivity index (χ1n) is 8.04. The molecule has 0 spiro atoms. The Morgan fingerprint density at radius 3 is 1.93 bits per heavy atom. The third kappa shape index (κ3) is 7.47. The number of benzene rings is 1. The van der Waals surface area contributed by atoms with Crippen LogP contribution < -0.4 is 5.32 Å². The van der Waals surface area contributed by atoms with Crippen LogP contribution in [0, 0.1) is 10.7 Å². The summed E-state index contributed by atoms with van der Waals surface area (Å²) in [4.78, 5) is 58.0. The van der Waals surface area contributed by atoms with Crippen molar-refractivity contribution in [2.75, 3.05) is 11.9 Å². The molecule has 164 valence electrons. The Morgan fingerprint density at radius 1 is 0.900 bits per heavy atom. The van der Waals surface area contributed by atoms with E-state index in [1.165, 1.54) is 6.92 Å². The minimum Gasteiger partial charge on any atom is -0.478 e. The van der Waals surface area contributed by atoms with E-state index in [-0.39, 0.29) is 21.4 Å². The van der Waals surface area contributed by atoms with Crippen LogP contribution in [0.5, 0.6) is 0 Å². The van der Waals surface area contributed by atoms with Gasteiger partial charge in [0, 0.05) is 33.5 Å². The van der Waals surface area contributed by atoms with Crippen molar-refractivity contribution in [2.24, 2.45) is 0 Å². The van der Waals surface area contributed by atoms with E-state index in [9.17, 15) is 29.1 Å². The van der Waals surface area contributed by atoms with Gasteiger partial charge in [0.25, 0.3) is 5.91 Å². The highest BCUT2D eigenvalue weighted by molar-refractivity contribution is 14.1. The zero-order valence-electron chi connectivity index (χ0n) is 15.8. The molecule has 1 aromatic carbocycles. The van der Waals surface area contributed by atoms with Crippen LogP contribution in [-0.2, 0) is 40.0 Å². The Morgan fingerprint density at radius 2 is 1.47 bits per heavy atom. The average Bonchev–Trinajstić information content (AvgIpc) is 2.60. The first kappa shape index (κ1) is 26.8. The van der Waals surface area contributed by atoms with Crippen LogP contribution in [0.4, 0.5) is 5.69 Å². The summed E-state index contributed by atoms with van der Waals surface area (Å²) in [6.45, 7) is 2.73.